The number of benzene rings is 1. The summed E-state index contributed by atoms with van der Waals surface area (Å²) >= 11 is 0. The summed E-state index contributed by atoms with van der Waals surface area (Å²) in [6, 6.07) is 4.14. The number of nitrogens with zero attached hydrogens (tertiary/aromatic N) is 1. The molecule has 1 rings (SSSR count). The lowest BCUT2D eigenvalue weighted by atomic mass is 10.3. The Bertz CT molecular complexity index is 572. The highest BCUT2D eigenvalue weighted by Crippen LogP contribution is 2.17. The minimum atomic E-state index is -3.88. The predicted molar refractivity (Wildman–Crippen MR) is 57.1 cm³/mol. The van der Waals surface area contributed by atoms with Crippen molar-refractivity contribution in [1.82, 2.24) is 0 Å². The maximum atomic E-state index is 11.5. The first-order valence-electron chi connectivity index (χ1n) is 4.23. The Morgan fingerprint density at radius 3 is 2.24 bits per heavy atom. The standard InChI is InChI=1S/C9H7NO6S/c11-9(12)5-6-17(15,16)8-3-1-7(2-4-8)10(13)14/h1-6H,(H,11,12)/b6-5-. The molecule has 0 heterocycles. The summed E-state index contributed by atoms with van der Waals surface area (Å²) in [5.74, 6) is -1.39. The van der Waals surface area contributed by atoms with Gasteiger partial charge < -0.3 is 5.11 Å². The second-order valence-electron chi connectivity index (χ2n) is 2.94. The van der Waals surface area contributed by atoms with Gasteiger partial charge in [0.25, 0.3) is 5.69 Å². The van der Waals surface area contributed by atoms with Crippen LogP contribution in [-0.4, -0.2) is 24.4 Å². The molecule has 1 aromatic rings. The van der Waals surface area contributed by atoms with Gasteiger partial charge in [-0.05, 0) is 12.1 Å². The smallest absolute Gasteiger partial charge is 0.329 e. The molecule has 0 amide bonds. The second kappa shape index (κ2) is 4.74. The molecule has 17 heavy (non-hydrogen) atoms. The highest BCUT2D eigenvalue weighted by molar-refractivity contribution is 7.94. The van der Waals surface area contributed by atoms with Crippen molar-refractivity contribution in [3.63, 3.8) is 0 Å². The third-order valence-electron chi connectivity index (χ3n) is 1.77. The summed E-state index contributed by atoms with van der Waals surface area (Å²) in [6.45, 7) is 0. The van der Waals surface area contributed by atoms with Gasteiger partial charge in [0, 0.05) is 23.6 Å². The molecular formula is C9H7NO6S. The molecule has 90 valence electrons. The molecule has 0 aliphatic carbocycles. The van der Waals surface area contributed by atoms with Gasteiger partial charge in [0.15, 0.2) is 9.84 Å². The molecule has 0 aromatic heterocycles. The van der Waals surface area contributed by atoms with Gasteiger partial charge in [-0.1, -0.05) is 0 Å². The van der Waals surface area contributed by atoms with Gasteiger partial charge in [-0.3, -0.25) is 10.1 Å². The Morgan fingerprint density at radius 1 is 1.29 bits per heavy atom. The van der Waals surface area contributed by atoms with Crippen molar-refractivity contribution in [3.8, 4) is 0 Å². The Morgan fingerprint density at radius 2 is 1.82 bits per heavy atom. The van der Waals surface area contributed by atoms with E-state index in [1.54, 1.807) is 0 Å². The van der Waals surface area contributed by atoms with Crippen LogP contribution in [0.5, 0.6) is 0 Å². The van der Waals surface area contributed by atoms with Gasteiger partial charge in [0.05, 0.1) is 9.82 Å². The summed E-state index contributed by atoms with van der Waals surface area (Å²) in [6.07, 6.45) is 0.483. The van der Waals surface area contributed by atoms with Crippen LogP contribution in [0.4, 0.5) is 5.69 Å². The summed E-state index contributed by atoms with van der Waals surface area (Å²) in [5.41, 5.74) is -0.244. The van der Waals surface area contributed by atoms with Crippen LogP contribution in [0.15, 0.2) is 40.6 Å². The van der Waals surface area contributed by atoms with E-state index in [0.29, 0.717) is 11.5 Å². The summed E-state index contributed by atoms with van der Waals surface area (Å²) in [7, 11) is -3.88. The quantitative estimate of drug-likeness (QED) is 0.488. The van der Waals surface area contributed by atoms with Crippen molar-refractivity contribution in [2.45, 2.75) is 4.90 Å². The average molecular weight is 257 g/mol. The van der Waals surface area contributed by atoms with E-state index in [2.05, 4.69) is 0 Å². The van der Waals surface area contributed by atoms with Gasteiger partial charge in [0.2, 0.25) is 0 Å². The Kier molecular flexibility index (Phi) is 3.59. The van der Waals surface area contributed by atoms with Gasteiger partial charge in [-0.25, -0.2) is 13.2 Å². The Hall–Kier alpha value is -2.22. The molecule has 1 aromatic carbocycles. The average Bonchev–Trinajstić information content (AvgIpc) is 2.27. The van der Waals surface area contributed by atoms with E-state index >= 15 is 0 Å². The number of rotatable bonds is 4. The fraction of sp³-hybridized carbons (Fsp3) is 0. The number of sulfone groups is 1. The van der Waals surface area contributed by atoms with E-state index in [1.807, 2.05) is 0 Å². The maximum Gasteiger partial charge on any atom is 0.329 e. The lowest BCUT2D eigenvalue weighted by Gasteiger charge is -1.97. The first-order chi connectivity index (χ1) is 7.83. The second-order valence-corrected chi connectivity index (χ2v) is 4.77. The lowest BCUT2D eigenvalue weighted by Crippen LogP contribution is -1.98. The number of carboxylic acid groups (broad SMARTS) is 1. The number of nitro benzene ring substituents is 1. The van der Waals surface area contributed by atoms with E-state index in [1.165, 1.54) is 0 Å². The molecule has 0 aliphatic heterocycles. The number of non-ortho nitro benzene ring substituents is 1. The molecule has 0 spiro atoms. The fourth-order valence-corrected chi connectivity index (χ4v) is 1.95. The van der Waals surface area contributed by atoms with Crippen LogP contribution in [0.25, 0.3) is 0 Å². The normalized spacial score (nSPS) is 11.5. The van der Waals surface area contributed by atoms with Crippen LogP contribution in [0.1, 0.15) is 0 Å². The highest BCUT2D eigenvalue weighted by atomic mass is 32.2. The van der Waals surface area contributed by atoms with Gasteiger partial charge in [-0.2, -0.15) is 0 Å². The largest absolute Gasteiger partial charge is 0.478 e. The summed E-state index contributed by atoms with van der Waals surface area (Å²) < 4.78 is 23.0. The zero-order chi connectivity index (χ0) is 13.1. The maximum absolute atomic E-state index is 11.5. The third-order valence-corrected chi connectivity index (χ3v) is 3.19. The van der Waals surface area contributed by atoms with Crippen molar-refractivity contribution in [2.24, 2.45) is 0 Å². The van der Waals surface area contributed by atoms with Crippen LogP contribution >= 0.6 is 0 Å². The van der Waals surface area contributed by atoms with Crippen molar-refractivity contribution in [3.05, 3.63) is 45.9 Å². The molecule has 8 heteroatoms. The van der Waals surface area contributed by atoms with Crippen molar-refractivity contribution >= 4 is 21.5 Å². The summed E-state index contributed by atoms with van der Waals surface area (Å²) in [5, 5.41) is 19.2. The number of nitro groups is 1. The van der Waals surface area contributed by atoms with Crippen LogP contribution in [0.2, 0.25) is 0 Å². The number of hydrogen-bond acceptors (Lipinski definition) is 5. The molecule has 0 unspecified atom stereocenters. The van der Waals surface area contributed by atoms with Crippen LogP contribution in [0, 0.1) is 10.1 Å². The number of carbonyl (C=O) groups is 1. The third kappa shape index (κ3) is 3.38. The fourth-order valence-electron chi connectivity index (χ4n) is 0.984. The molecule has 0 aliphatic rings. The molecule has 0 bridgehead atoms. The first-order valence-corrected chi connectivity index (χ1v) is 5.78. The Labute approximate surface area is 96.1 Å². The van der Waals surface area contributed by atoms with Gasteiger partial charge >= 0.3 is 5.97 Å². The van der Waals surface area contributed by atoms with Crippen LogP contribution in [0.3, 0.4) is 0 Å². The first kappa shape index (κ1) is 12.8. The van der Waals surface area contributed by atoms with Gasteiger partial charge in [-0.15, -0.1) is 0 Å². The monoisotopic (exact) mass is 257 g/mol. The zero-order valence-corrected chi connectivity index (χ0v) is 9.12. The van der Waals surface area contributed by atoms with Crippen molar-refractivity contribution < 1.29 is 23.2 Å². The number of carboxylic acids is 1. The SMILES string of the molecule is O=C(O)/C=C\S(=O)(=O)c1ccc([N+](=O)[O-])cc1. The van der Waals surface area contributed by atoms with Crippen LogP contribution in [-0.2, 0) is 14.6 Å². The molecule has 0 radical (unpaired) electrons. The molecule has 1 N–H and O–H groups in total. The van der Waals surface area contributed by atoms with E-state index < -0.39 is 20.7 Å². The number of hydrogen-bond donors (Lipinski definition) is 1. The lowest BCUT2D eigenvalue weighted by molar-refractivity contribution is -0.384. The number of aliphatic carboxylic acids is 1. The van der Waals surface area contributed by atoms with E-state index in [0.717, 1.165) is 24.3 Å². The van der Waals surface area contributed by atoms with Crippen molar-refractivity contribution in [1.29, 1.82) is 0 Å². The highest BCUT2D eigenvalue weighted by Gasteiger charge is 2.13. The van der Waals surface area contributed by atoms with Gasteiger partial charge in [0.1, 0.15) is 0 Å². The Balaban J connectivity index is 3.09. The topological polar surface area (TPSA) is 115 Å². The van der Waals surface area contributed by atoms with Crippen LogP contribution < -0.4 is 0 Å². The van der Waals surface area contributed by atoms with E-state index in [4.69, 9.17) is 5.11 Å². The molecule has 0 atom stereocenters. The molecule has 0 saturated heterocycles. The molecule has 7 nitrogen and oxygen atoms in total. The zero-order valence-electron chi connectivity index (χ0n) is 8.31. The van der Waals surface area contributed by atoms with E-state index in [-0.39, 0.29) is 10.6 Å². The van der Waals surface area contributed by atoms with Crippen molar-refractivity contribution in [2.75, 3.05) is 0 Å². The van der Waals surface area contributed by atoms with E-state index in [9.17, 15) is 23.3 Å². The minimum Gasteiger partial charge on any atom is -0.478 e. The summed E-state index contributed by atoms with van der Waals surface area (Å²) in [4.78, 5) is 19.7. The molecular weight excluding hydrogens is 250 g/mol. The predicted octanol–water partition coefficient (Wildman–Crippen LogP) is 0.967. The minimum absolute atomic E-state index is 0.208. The molecule has 0 saturated carbocycles. The molecule has 0 fully saturated rings.